The lowest BCUT2D eigenvalue weighted by Gasteiger charge is -2.19. The van der Waals surface area contributed by atoms with Crippen LogP contribution in [0.3, 0.4) is 0 Å². The standard InChI is InChI=1S/C20H26N2O6S/c1-6-22(7-2)29(24,25)17-8-9-19(28-5)18(13-17)21-20(23)14-10-15(26-3)12-16(11-14)27-4/h8-13H,6-7H2,1-5H3,(H,21,23). The number of carbonyl (C=O) groups is 1. The van der Waals surface area contributed by atoms with E-state index in [9.17, 15) is 13.2 Å². The minimum Gasteiger partial charge on any atom is -0.497 e. The molecule has 29 heavy (non-hydrogen) atoms. The van der Waals surface area contributed by atoms with Crippen LogP contribution >= 0.6 is 0 Å². The van der Waals surface area contributed by atoms with Gasteiger partial charge >= 0.3 is 0 Å². The molecule has 0 aliphatic heterocycles. The van der Waals surface area contributed by atoms with E-state index in [2.05, 4.69) is 5.32 Å². The summed E-state index contributed by atoms with van der Waals surface area (Å²) in [6.45, 7) is 4.22. The molecule has 0 saturated carbocycles. The van der Waals surface area contributed by atoms with Crippen molar-refractivity contribution in [3.05, 3.63) is 42.0 Å². The quantitative estimate of drug-likeness (QED) is 0.668. The maximum atomic E-state index is 12.8. The predicted octanol–water partition coefficient (Wildman–Crippen LogP) is 3.00. The van der Waals surface area contributed by atoms with Crippen molar-refractivity contribution >= 4 is 21.6 Å². The highest BCUT2D eigenvalue weighted by atomic mass is 32.2. The van der Waals surface area contributed by atoms with E-state index >= 15 is 0 Å². The van der Waals surface area contributed by atoms with E-state index < -0.39 is 15.9 Å². The lowest BCUT2D eigenvalue weighted by molar-refractivity contribution is 0.102. The van der Waals surface area contributed by atoms with Gasteiger partial charge in [0.25, 0.3) is 5.91 Å². The first-order chi connectivity index (χ1) is 13.8. The van der Waals surface area contributed by atoms with Crippen molar-refractivity contribution in [2.75, 3.05) is 39.7 Å². The Morgan fingerprint density at radius 3 is 2.00 bits per heavy atom. The molecule has 0 atom stereocenters. The molecule has 0 radical (unpaired) electrons. The molecule has 0 bridgehead atoms. The van der Waals surface area contributed by atoms with Crippen molar-refractivity contribution in [3.63, 3.8) is 0 Å². The molecule has 0 heterocycles. The third-order valence-electron chi connectivity index (χ3n) is 4.38. The summed E-state index contributed by atoms with van der Waals surface area (Å²) in [6, 6.07) is 9.12. The lowest BCUT2D eigenvalue weighted by atomic mass is 10.1. The number of ether oxygens (including phenoxy) is 3. The number of methoxy groups -OCH3 is 3. The van der Waals surface area contributed by atoms with Gasteiger partial charge in [-0.25, -0.2) is 8.42 Å². The average Bonchev–Trinajstić information content (AvgIpc) is 2.73. The van der Waals surface area contributed by atoms with Crippen LogP contribution in [0.25, 0.3) is 0 Å². The van der Waals surface area contributed by atoms with Gasteiger partial charge in [0, 0.05) is 24.7 Å². The van der Waals surface area contributed by atoms with Crippen LogP contribution < -0.4 is 19.5 Å². The van der Waals surface area contributed by atoms with Gasteiger partial charge in [0.05, 0.1) is 31.9 Å². The number of nitrogens with one attached hydrogen (secondary N) is 1. The van der Waals surface area contributed by atoms with Crippen LogP contribution in [0, 0.1) is 0 Å². The monoisotopic (exact) mass is 422 g/mol. The second-order valence-electron chi connectivity index (χ2n) is 6.01. The number of nitrogens with zero attached hydrogens (tertiary/aromatic N) is 1. The Kier molecular flexibility index (Phi) is 7.46. The fourth-order valence-corrected chi connectivity index (χ4v) is 4.28. The van der Waals surface area contributed by atoms with E-state index in [1.54, 1.807) is 32.0 Å². The van der Waals surface area contributed by atoms with Gasteiger partial charge in [0.15, 0.2) is 0 Å². The van der Waals surface area contributed by atoms with E-state index in [1.807, 2.05) is 0 Å². The fourth-order valence-electron chi connectivity index (χ4n) is 2.79. The molecule has 1 amide bonds. The van der Waals surface area contributed by atoms with E-state index in [0.717, 1.165) is 0 Å². The highest BCUT2D eigenvalue weighted by Gasteiger charge is 2.23. The van der Waals surface area contributed by atoms with Crippen molar-refractivity contribution in [2.24, 2.45) is 0 Å². The molecular formula is C20H26N2O6S. The molecule has 0 saturated heterocycles. The molecule has 0 aliphatic rings. The van der Waals surface area contributed by atoms with Gasteiger partial charge in [-0.2, -0.15) is 4.31 Å². The first-order valence-electron chi connectivity index (χ1n) is 9.03. The molecule has 0 fully saturated rings. The average molecular weight is 423 g/mol. The number of sulfonamides is 1. The largest absolute Gasteiger partial charge is 0.497 e. The maximum Gasteiger partial charge on any atom is 0.256 e. The molecule has 0 aromatic heterocycles. The predicted molar refractivity (Wildman–Crippen MR) is 111 cm³/mol. The van der Waals surface area contributed by atoms with Gasteiger partial charge < -0.3 is 19.5 Å². The minimum atomic E-state index is -3.68. The van der Waals surface area contributed by atoms with Gasteiger partial charge in [-0.1, -0.05) is 13.8 Å². The number of hydrogen-bond donors (Lipinski definition) is 1. The van der Waals surface area contributed by atoms with Crippen molar-refractivity contribution in [1.82, 2.24) is 4.31 Å². The zero-order valence-electron chi connectivity index (χ0n) is 17.2. The number of rotatable bonds is 9. The van der Waals surface area contributed by atoms with E-state index in [-0.39, 0.29) is 10.6 Å². The molecule has 9 heteroatoms. The van der Waals surface area contributed by atoms with Crippen LogP contribution in [0.4, 0.5) is 5.69 Å². The highest BCUT2D eigenvalue weighted by Crippen LogP contribution is 2.30. The molecular weight excluding hydrogens is 396 g/mol. The summed E-state index contributed by atoms with van der Waals surface area (Å²) in [5, 5.41) is 2.71. The molecule has 2 aromatic carbocycles. The first kappa shape index (κ1) is 22.5. The Labute approximate surface area is 171 Å². The van der Waals surface area contributed by atoms with E-state index in [1.165, 1.54) is 43.8 Å². The fraction of sp³-hybridized carbons (Fsp3) is 0.350. The zero-order chi connectivity index (χ0) is 21.6. The Balaban J connectivity index is 2.43. The SMILES string of the molecule is CCN(CC)S(=O)(=O)c1ccc(OC)c(NC(=O)c2cc(OC)cc(OC)c2)c1. The Hall–Kier alpha value is -2.78. The number of benzene rings is 2. The van der Waals surface area contributed by atoms with Crippen molar-refractivity contribution in [3.8, 4) is 17.2 Å². The Morgan fingerprint density at radius 2 is 1.52 bits per heavy atom. The van der Waals surface area contributed by atoms with Crippen LogP contribution in [0.1, 0.15) is 24.2 Å². The summed E-state index contributed by atoms with van der Waals surface area (Å²) in [7, 11) is 0.733. The Morgan fingerprint density at radius 1 is 0.931 bits per heavy atom. The van der Waals surface area contributed by atoms with Gasteiger partial charge in [-0.15, -0.1) is 0 Å². The van der Waals surface area contributed by atoms with Crippen molar-refractivity contribution in [1.29, 1.82) is 0 Å². The van der Waals surface area contributed by atoms with Gasteiger partial charge in [-0.05, 0) is 30.3 Å². The first-order valence-corrected chi connectivity index (χ1v) is 10.5. The molecule has 0 spiro atoms. The molecule has 2 aromatic rings. The third kappa shape index (κ3) is 4.99. The number of amides is 1. The summed E-state index contributed by atoms with van der Waals surface area (Å²) in [6.07, 6.45) is 0. The number of hydrogen-bond acceptors (Lipinski definition) is 6. The molecule has 158 valence electrons. The normalized spacial score (nSPS) is 11.2. The molecule has 0 aliphatic carbocycles. The van der Waals surface area contributed by atoms with Crippen LogP contribution in [0.2, 0.25) is 0 Å². The van der Waals surface area contributed by atoms with Crippen LogP contribution in [-0.2, 0) is 10.0 Å². The van der Waals surface area contributed by atoms with Gasteiger partial charge in [0.2, 0.25) is 10.0 Å². The van der Waals surface area contributed by atoms with Crippen LogP contribution in [0.15, 0.2) is 41.3 Å². The summed E-state index contributed by atoms with van der Waals surface area (Å²) < 4.78 is 42.6. The third-order valence-corrected chi connectivity index (χ3v) is 6.42. The number of carbonyl (C=O) groups excluding carboxylic acids is 1. The molecule has 1 N–H and O–H groups in total. The second kappa shape index (κ2) is 9.62. The molecule has 8 nitrogen and oxygen atoms in total. The smallest absolute Gasteiger partial charge is 0.256 e. The topological polar surface area (TPSA) is 94.2 Å². The van der Waals surface area contributed by atoms with Gasteiger partial charge in [0.1, 0.15) is 17.2 Å². The molecule has 2 rings (SSSR count). The van der Waals surface area contributed by atoms with E-state index in [0.29, 0.717) is 35.9 Å². The number of anilines is 1. The van der Waals surface area contributed by atoms with Gasteiger partial charge in [-0.3, -0.25) is 4.79 Å². The van der Waals surface area contributed by atoms with Crippen molar-refractivity contribution < 1.29 is 27.4 Å². The summed E-state index contributed by atoms with van der Waals surface area (Å²) in [5.41, 5.74) is 0.535. The summed E-state index contributed by atoms with van der Waals surface area (Å²) in [5.74, 6) is 0.795. The second-order valence-corrected chi connectivity index (χ2v) is 7.94. The highest BCUT2D eigenvalue weighted by molar-refractivity contribution is 7.89. The molecule has 0 unspecified atom stereocenters. The maximum absolute atomic E-state index is 12.8. The minimum absolute atomic E-state index is 0.0699. The lowest BCUT2D eigenvalue weighted by Crippen LogP contribution is -2.30. The summed E-state index contributed by atoms with van der Waals surface area (Å²) >= 11 is 0. The zero-order valence-corrected chi connectivity index (χ0v) is 18.0. The van der Waals surface area contributed by atoms with E-state index in [4.69, 9.17) is 14.2 Å². The van der Waals surface area contributed by atoms with Crippen LogP contribution in [0.5, 0.6) is 17.2 Å². The van der Waals surface area contributed by atoms with Crippen LogP contribution in [-0.4, -0.2) is 53.0 Å². The summed E-state index contributed by atoms with van der Waals surface area (Å²) in [4.78, 5) is 12.9. The van der Waals surface area contributed by atoms with Crippen molar-refractivity contribution in [2.45, 2.75) is 18.7 Å². The Bertz CT molecular complexity index is 949.